The van der Waals surface area contributed by atoms with Crippen LogP contribution in [0.1, 0.15) is 19.4 Å². The maximum atomic E-state index is 12.2. The Hall–Kier alpha value is -1.99. The summed E-state index contributed by atoms with van der Waals surface area (Å²) >= 11 is 0. The second-order valence-corrected chi connectivity index (χ2v) is 5.70. The van der Waals surface area contributed by atoms with Crippen molar-refractivity contribution in [3.8, 4) is 0 Å². The van der Waals surface area contributed by atoms with Crippen molar-refractivity contribution in [2.24, 2.45) is 0 Å². The van der Waals surface area contributed by atoms with Gasteiger partial charge in [0.25, 0.3) is 5.69 Å². The molecule has 7 heteroatoms. The van der Waals surface area contributed by atoms with Crippen LogP contribution in [-0.4, -0.2) is 47.6 Å². The zero-order chi connectivity index (χ0) is 16.3. The first-order valence-corrected chi connectivity index (χ1v) is 7.28. The molecule has 1 N–H and O–H groups in total. The maximum Gasteiger partial charge on any atom is 0.293 e. The lowest BCUT2D eigenvalue weighted by molar-refractivity contribution is -0.384. The van der Waals surface area contributed by atoms with Crippen molar-refractivity contribution in [2.45, 2.75) is 32.9 Å². The number of nitro groups is 1. The summed E-state index contributed by atoms with van der Waals surface area (Å²) in [5.41, 5.74) is 0.856. The molecule has 0 radical (unpaired) electrons. The summed E-state index contributed by atoms with van der Waals surface area (Å²) in [6.07, 6.45) is 0.0804. The summed E-state index contributed by atoms with van der Waals surface area (Å²) < 4.78 is 5.53. The third-order valence-electron chi connectivity index (χ3n) is 3.80. The summed E-state index contributed by atoms with van der Waals surface area (Å²) in [7, 11) is 0. The van der Waals surface area contributed by atoms with Gasteiger partial charge < -0.3 is 10.1 Å². The van der Waals surface area contributed by atoms with E-state index in [-0.39, 0.29) is 36.0 Å². The number of nitro benzene ring substituents is 1. The topological polar surface area (TPSA) is 84.7 Å². The number of aryl methyl sites for hydroxylation is 1. The Labute approximate surface area is 129 Å². The van der Waals surface area contributed by atoms with E-state index < -0.39 is 4.92 Å². The van der Waals surface area contributed by atoms with E-state index in [1.54, 1.807) is 19.1 Å². The van der Waals surface area contributed by atoms with Crippen LogP contribution in [0.4, 0.5) is 11.4 Å². The fraction of sp³-hybridized carbons (Fsp3) is 0.533. The zero-order valence-electron chi connectivity index (χ0n) is 13.0. The van der Waals surface area contributed by atoms with Crippen molar-refractivity contribution < 1.29 is 14.5 Å². The Kier molecular flexibility index (Phi) is 5.10. The second-order valence-electron chi connectivity index (χ2n) is 5.70. The number of anilines is 1. The quantitative estimate of drug-likeness (QED) is 0.679. The van der Waals surface area contributed by atoms with Crippen LogP contribution in [0.15, 0.2) is 18.2 Å². The van der Waals surface area contributed by atoms with Gasteiger partial charge in [-0.15, -0.1) is 0 Å². The highest BCUT2D eigenvalue weighted by Crippen LogP contribution is 2.27. The Morgan fingerprint density at radius 1 is 1.50 bits per heavy atom. The normalized spacial score (nSPS) is 22.3. The van der Waals surface area contributed by atoms with Crippen LogP contribution in [-0.2, 0) is 9.53 Å². The van der Waals surface area contributed by atoms with Crippen molar-refractivity contribution in [3.05, 3.63) is 33.9 Å². The fourth-order valence-electron chi connectivity index (χ4n) is 2.52. The summed E-state index contributed by atoms with van der Waals surface area (Å²) in [6.45, 7) is 7.14. The monoisotopic (exact) mass is 307 g/mol. The van der Waals surface area contributed by atoms with Crippen molar-refractivity contribution in [1.29, 1.82) is 0 Å². The van der Waals surface area contributed by atoms with Gasteiger partial charge in [0.2, 0.25) is 5.91 Å². The molecule has 22 heavy (non-hydrogen) atoms. The van der Waals surface area contributed by atoms with Crippen LogP contribution in [0.5, 0.6) is 0 Å². The maximum absolute atomic E-state index is 12.2. The number of hydrogen-bond acceptors (Lipinski definition) is 5. The number of morpholine rings is 1. The number of carbonyl (C=O) groups excluding carboxylic acids is 1. The predicted molar refractivity (Wildman–Crippen MR) is 82.9 cm³/mol. The van der Waals surface area contributed by atoms with Crippen molar-refractivity contribution in [2.75, 3.05) is 25.0 Å². The predicted octanol–water partition coefficient (Wildman–Crippen LogP) is 1.95. The number of rotatable bonds is 4. The largest absolute Gasteiger partial charge is 0.376 e. The molecule has 1 fully saturated rings. The van der Waals surface area contributed by atoms with Crippen LogP contribution in [0.3, 0.4) is 0 Å². The molecule has 0 spiro atoms. The molecule has 2 atom stereocenters. The zero-order valence-corrected chi connectivity index (χ0v) is 13.0. The number of hydrogen-bond donors (Lipinski definition) is 1. The molecular weight excluding hydrogens is 286 g/mol. The number of ether oxygens (including phenoxy) is 1. The van der Waals surface area contributed by atoms with Gasteiger partial charge in [-0.25, -0.2) is 0 Å². The first-order valence-electron chi connectivity index (χ1n) is 7.28. The van der Waals surface area contributed by atoms with E-state index in [9.17, 15) is 14.9 Å². The number of carbonyl (C=O) groups is 1. The standard InChI is InChI=1S/C15H21N3O4/c1-10-5-4-6-13(18(20)21)15(10)16-14(19)8-17-7-12(3)22-9-11(17)2/h4-6,11-12H,7-9H2,1-3H3,(H,16,19)/t11-,12+/m0/s1. The summed E-state index contributed by atoms with van der Waals surface area (Å²) in [4.78, 5) is 24.8. The van der Waals surface area contributed by atoms with Crippen LogP contribution < -0.4 is 5.32 Å². The van der Waals surface area contributed by atoms with Crippen LogP contribution in [0.2, 0.25) is 0 Å². The molecule has 0 saturated carbocycles. The number of benzene rings is 1. The summed E-state index contributed by atoms with van der Waals surface area (Å²) in [6, 6.07) is 4.88. The summed E-state index contributed by atoms with van der Waals surface area (Å²) in [5.74, 6) is -0.252. The van der Waals surface area contributed by atoms with E-state index in [2.05, 4.69) is 5.32 Å². The third kappa shape index (κ3) is 3.80. The van der Waals surface area contributed by atoms with E-state index in [4.69, 9.17) is 4.74 Å². The molecular formula is C15H21N3O4. The van der Waals surface area contributed by atoms with Crippen molar-refractivity contribution in [3.63, 3.8) is 0 Å². The van der Waals surface area contributed by atoms with E-state index in [1.165, 1.54) is 6.07 Å². The molecule has 1 saturated heterocycles. The average Bonchev–Trinajstić information content (AvgIpc) is 2.44. The Bertz CT molecular complexity index is 576. The first kappa shape index (κ1) is 16.4. The minimum atomic E-state index is -0.484. The molecule has 0 bridgehead atoms. The minimum Gasteiger partial charge on any atom is -0.376 e. The van der Waals surface area contributed by atoms with Gasteiger partial charge >= 0.3 is 0 Å². The van der Waals surface area contributed by atoms with Gasteiger partial charge in [0.15, 0.2) is 0 Å². The molecule has 120 valence electrons. The molecule has 0 aromatic heterocycles. The third-order valence-corrected chi connectivity index (χ3v) is 3.80. The van der Waals surface area contributed by atoms with E-state index >= 15 is 0 Å². The fourth-order valence-corrected chi connectivity index (χ4v) is 2.52. The highest BCUT2D eigenvalue weighted by molar-refractivity contribution is 5.95. The molecule has 1 aromatic rings. The minimum absolute atomic E-state index is 0.0804. The number of nitrogens with one attached hydrogen (secondary N) is 1. The van der Waals surface area contributed by atoms with E-state index in [0.717, 1.165) is 0 Å². The second kappa shape index (κ2) is 6.85. The van der Waals surface area contributed by atoms with Gasteiger partial charge in [-0.2, -0.15) is 0 Å². The Morgan fingerprint density at radius 2 is 2.23 bits per heavy atom. The Balaban J connectivity index is 2.08. The lowest BCUT2D eigenvalue weighted by Gasteiger charge is -2.36. The SMILES string of the molecule is Cc1cccc([N+](=O)[O-])c1NC(=O)CN1C[C@@H](C)OC[C@@H]1C. The molecule has 1 aliphatic rings. The van der Waals surface area contributed by atoms with Gasteiger partial charge in [-0.1, -0.05) is 12.1 Å². The van der Waals surface area contributed by atoms with Gasteiger partial charge in [-0.3, -0.25) is 19.8 Å². The highest BCUT2D eigenvalue weighted by atomic mass is 16.6. The van der Waals surface area contributed by atoms with E-state index in [0.29, 0.717) is 18.7 Å². The number of amides is 1. The van der Waals surface area contributed by atoms with Crippen molar-refractivity contribution >= 4 is 17.3 Å². The van der Waals surface area contributed by atoms with Gasteiger partial charge in [0.05, 0.1) is 24.2 Å². The molecule has 1 amide bonds. The van der Waals surface area contributed by atoms with Crippen LogP contribution in [0.25, 0.3) is 0 Å². The molecule has 1 aromatic carbocycles. The van der Waals surface area contributed by atoms with Crippen LogP contribution in [0, 0.1) is 17.0 Å². The molecule has 1 aliphatic heterocycles. The van der Waals surface area contributed by atoms with E-state index in [1.807, 2.05) is 18.7 Å². The van der Waals surface area contributed by atoms with Gasteiger partial charge in [0, 0.05) is 18.7 Å². The molecule has 2 rings (SSSR count). The summed E-state index contributed by atoms with van der Waals surface area (Å²) in [5, 5.41) is 13.7. The molecule has 0 aliphatic carbocycles. The lowest BCUT2D eigenvalue weighted by atomic mass is 10.1. The Morgan fingerprint density at radius 3 is 2.91 bits per heavy atom. The van der Waals surface area contributed by atoms with Crippen molar-refractivity contribution in [1.82, 2.24) is 4.90 Å². The highest BCUT2D eigenvalue weighted by Gasteiger charge is 2.26. The molecule has 1 heterocycles. The lowest BCUT2D eigenvalue weighted by Crippen LogP contribution is -2.50. The first-order chi connectivity index (χ1) is 10.4. The number of nitrogens with zero attached hydrogens (tertiary/aromatic N) is 2. The van der Waals surface area contributed by atoms with Gasteiger partial charge in [-0.05, 0) is 26.3 Å². The smallest absolute Gasteiger partial charge is 0.293 e. The molecule has 0 unspecified atom stereocenters. The number of para-hydroxylation sites is 1. The van der Waals surface area contributed by atoms with Gasteiger partial charge in [0.1, 0.15) is 5.69 Å². The van der Waals surface area contributed by atoms with Crippen LogP contribution >= 0.6 is 0 Å². The average molecular weight is 307 g/mol. The molecule has 7 nitrogen and oxygen atoms in total.